The molecule has 21 heavy (non-hydrogen) atoms. The molecule has 0 saturated heterocycles. The van der Waals surface area contributed by atoms with Gasteiger partial charge in [0.15, 0.2) is 0 Å². The van der Waals surface area contributed by atoms with Gasteiger partial charge in [0.25, 0.3) is 5.91 Å². The molecule has 0 spiro atoms. The summed E-state index contributed by atoms with van der Waals surface area (Å²) in [6.07, 6.45) is 0. The first-order chi connectivity index (χ1) is 10.1. The molecule has 3 heteroatoms. The molecule has 112 valence electrons. The van der Waals surface area contributed by atoms with E-state index in [0.717, 1.165) is 10.9 Å². The SMILES string of the molecule is CC.Cc1cc2[nH]c(C(=O)N(C)C)cc2c2ccccc12.[HH]. The molecule has 0 atom stereocenters. The molecular formula is C18H24N2O. The Balaban J connectivity index is 0.000000775. The minimum Gasteiger partial charge on any atom is -0.350 e. The Labute approximate surface area is 127 Å². The van der Waals surface area contributed by atoms with Crippen LogP contribution in [0.2, 0.25) is 0 Å². The van der Waals surface area contributed by atoms with E-state index >= 15 is 0 Å². The van der Waals surface area contributed by atoms with Crippen LogP contribution >= 0.6 is 0 Å². The number of nitrogens with zero attached hydrogens (tertiary/aromatic N) is 1. The van der Waals surface area contributed by atoms with Crippen LogP contribution in [0.1, 0.15) is 31.3 Å². The third kappa shape index (κ3) is 2.64. The predicted octanol–water partition coefficient (Wildman–Crippen LogP) is 4.60. The first-order valence-electron chi connectivity index (χ1n) is 7.30. The zero-order valence-electron chi connectivity index (χ0n) is 13.3. The number of carbonyl (C=O) groups excluding carboxylic acids is 1. The number of hydrogen-bond acceptors (Lipinski definition) is 1. The average Bonchev–Trinajstić information content (AvgIpc) is 2.92. The Hall–Kier alpha value is -2.29. The van der Waals surface area contributed by atoms with Gasteiger partial charge < -0.3 is 9.88 Å². The molecule has 0 fully saturated rings. The molecule has 0 saturated carbocycles. The highest BCUT2D eigenvalue weighted by molar-refractivity contribution is 6.10. The first-order valence-corrected chi connectivity index (χ1v) is 7.30. The van der Waals surface area contributed by atoms with Gasteiger partial charge in [-0.3, -0.25) is 4.79 Å². The van der Waals surface area contributed by atoms with Gasteiger partial charge in [0, 0.05) is 26.4 Å². The Kier molecular flexibility index (Phi) is 4.32. The van der Waals surface area contributed by atoms with Crippen molar-refractivity contribution in [1.82, 2.24) is 9.88 Å². The van der Waals surface area contributed by atoms with Gasteiger partial charge >= 0.3 is 0 Å². The summed E-state index contributed by atoms with van der Waals surface area (Å²) in [6, 6.07) is 12.3. The number of rotatable bonds is 1. The lowest BCUT2D eigenvalue weighted by atomic mass is 10.0. The molecule has 1 amide bonds. The summed E-state index contributed by atoms with van der Waals surface area (Å²) < 4.78 is 0. The van der Waals surface area contributed by atoms with E-state index in [1.54, 1.807) is 19.0 Å². The number of carbonyl (C=O) groups is 1. The molecule has 3 rings (SSSR count). The number of aromatic nitrogens is 1. The van der Waals surface area contributed by atoms with Gasteiger partial charge in [-0.05, 0) is 35.4 Å². The van der Waals surface area contributed by atoms with E-state index in [2.05, 4.69) is 30.1 Å². The Morgan fingerprint density at radius 2 is 1.67 bits per heavy atom. The number of aromatic amines is 1. The monoisotopic (exact) mass is 284 g/mol. The van der Waals surface area contributed by atoms with Crippen molar-refractivity contribution in [2.45, 2.75) is 20.8 Å². The third-order valence-electron chi connectivity index (χ3n) is 3.49. The number of hydrogen-bond donors (Lipinski definition) is 1. The molecule has 0 aliphatic rings. The van der Waals surface area contributed by atoms with Gasteiger partial charge in [-0.25, -0.2) is 0 Å². The lowest BCUT2D eigenvalue weighted by molar-refractivity contribution is 0.0823. The second-order valence-electron chi connectivity index (χ2n) is 5.08. The molecule has 0 aliphatic carbocycles. The highest BCUT2D eigenvalue weighted by Crippen LogP contribution is 2.29. The molecule has 1 N–H and O–H groups in total. The van der Waals surface area contributed by atoms with Gasteiger partial charge in [0.05, 0.1) is 0 Å². The number of fused-ring (bicyclic) bond motifs is 3. The van der Waals surface area contributed by atoms with E-state index in [9.17, 15) is 4.79 Å². The molecule has 0 unspecified atom stereocenters. The number of aryl methyl sites for hydroxylation is 1. The quantitative estimate of drug-likeness (QED) is 0.696. The van der Waals surface area contributed by atoms with Crippen LogP contribution in [0.4, 0.5) is 0 Å². The predicted molar refractivity (Wildman–Crippen MR) is 92.0 cm³/mol. The summed E-state index contributed by atoms with van der Waals surface area (Å²) in [5.74, 6) is -0.00191. The lowest BCUT2D eigenvalue weighted by Crippen LogP contribution is -2.21. The van der Waals surface area contributed by atoms with Gasteiger partial charge in [-0.1, -0.05) is 38.1 Å². The topological polar surface area (TPSA) is 36.1 Å². The second-order valence-corrected chi connectivity index (χ2v) is 5.08. The fourth-order valence-corrected chi connectivity index (χ4v) is 2.52. The zero-order valence-corrected chi connectivity index (χ0v) is 13.3. The minimum absolute atomic E-state index is 0. The van der Waals surface area contributed by atoms with E-state index in [4.69, 9.17) is 0 Å². The maximum Gasteiger partial charge on any atom is 0.269 e. The highest BCUT2D eigenvalue weighted by Gasteiger charge is 2.13. The molecule has 1 heterocycles. The Morgan fingerprint density at radius 3 is 2.29 bits per heavy atom. The summed E-state index contributed by atoms with van der Waals surface area (Å²) in [4.78, 5) is 16.8. The zero-order chi connectivity index (χ0) is 15.6. The van der Waals surface area contributed by atoms with Crippen LogP contribution in [0.3, 0.4) is 0 Å². The molecule has 0 bridgehead atoms. The summed E-state index contributed by atoms with van der Waals surface area (Å²) in [7, 11) is 3.52. The van der Waals surface area contributed by atoms with Crippen molar-refractivity contribution < 1.29 is 6.22 Å². The average molecular weight is 284 g/mol. The second kappa shape index (κ2) is 6.00. The first kappa shape index (κ1) is 15.1. The van der Waals surface area contributed by atoms with E-state index in [1.165, 1.54) is 16.3 Å². The van der Waals surface area contributed by atoms with E-state index in [1.807, 2.05) is 32.0 Å². The number of nitrogens with one attached hydrogen (secondary N) is 1. The largest absolute Gasteiger partial charge is 0.350 e. The molecule has 3 aromatic rings. The highest BCUT2D eigenvalue weighted by atomic mass is 16.2. The maximum absolute atomic E-state index is 12.0. The third-order valence-corrected chi connectivity index (χ3v) is 3.49. The van der Waals surface area contributed by atoms with Crippen molar-refractivity contribution in [3.63, 3.8) is 0 Å². The molecule has 0 radical (unpaired) electrons. The molecule has 2 aromatic carbocycles. The summed E-state index contributed by atoms with van der Waals surface area (Å²) in [5.41, 5.74) is 2.87. The van der Waals surface area contributed by atoms with Crippen LogP contribution in [-0.2, 0) is 0 Å². The van der Waals surface area contributed by atoms with Crippen molar-refractivity contribution in [1.29, 1.82) is 0 Å². The fraction of sp³-hybridized carbons (Fsp3) is 0.278. The molecular weight excluding hydrogens is 260 g/mol. The van der Waals surface area contributed by atoms with E-state index in [0.29, 0.717) is 5.69 Å². The minimum atomic E-state index is -0.00191. The number of H-pyrrole nitrogens is 1. The summed E-state index contributed by atoms with van der Waals surface area (Å²) in [6.45, 7) is 6.09. The van der Waals surface area contributed by atoms with Crippen molar-refractivity contribution in [2.75, 3.05) is 14.1 Å². The molecule has 0 aliphatic heterocycles. The number of amides is 1. The van der Waals surface area contributed by atoms with Gasteiger partial charge in [0.1, 0.15) is 5.69 Å². The van der Waals surface area contributed by atoms with Crippen LogP contribution in [0.25, 0.3) is 21.7 Å². The number of benzene rings is 2. The van der Waals surface area contributed by atoms with Crippen molar-refractivity contribution >= 4 is 27.6 Å². The van der Waals surface area contributed by atoms with Crippen molar-refractivity contribution in [2.24, 2.45) is 0 Å². The molecule has 1 aromatic heterocycles. The summed E-state index contributed by atoms with van der Waals surface area (Å²) in [5, 5.41) is 3.52. The molecule has 3 nitrogen and oxygen atoms in total. The van der Waals surface area contributed by atoms with Crippen LogP contribution < -0.4 is 0 Å². The van der Waals surface area contributed by atoms with Crippen LogP contribution in [0, 0.1) is 6.92 Å². The van der Waals surface area contributed by atoms with Gasteiger partial charge in [-0.2, -0.15) is 0 Å². The van der Waals surface area contributed by atoms with Gasteiger partial charge in [-0.15, -0.1) is 0 Å². The maximum atomic E-state index is 12.0. The normalized spacial score (nSPS) is 10.3. The van der Waals surface area contributed by atoms with Crippen molar-refractivity contribution in [3.8, 4) is 0 Å². The van der Waals surface area contributed by atoms with Gasteiger partial charge in [0.2, 0.25) is 0 Å². The standard InChI is InChI=1S/C16H16N2O.C2H6.H2/c1-10-8-14-13(12-7-5-4-6-11(10)12)9-15(17-14)16(19)18(2)3;1-2;/h4-9,17H,1-3H3;1-2H3;1H. The fourth-order valence-electron chi connectivity index (χ4n) is 2.52. The van der Waals surface area contributed by atoms with Crippen LogP contribution in [-0.4, -0.2) is 29.9 Å². The van der Waals surface area contributed by atoms with E-state index < -0.39 is 0 Å². The smallest absolute Gasteiger partial charge is 0.269 e. The van der Waals surface area contributed by atoms with Crippen LogP contribution in [0.5, 0.6) is 0 Å². The lowest BCUT2D eigenvalue weighted by Gasteiger charge is -2.07. The van der Waals surface area contributed by atoms with Crippen molar-refractivity contribution in [3.05, 3.63) is 47.7 Å². The van der Waals surface area contributed by atoms with E-state index in [-0.39, 0.29) is 7.33 Å². The Bertz CT molecular complexity index is 790. The van der Waals surface area contributed by atoms with Crippen LogP contribution in [0.15, 0.2) is 36.4 Å². The Morgan fingerprint density at radius 1 is 1.05 bits per heavy atom. The summed E-state index contributed by atoms with van der Waals surface area (Å²) >= 11 is 0.